The van der Waals surface area contributed by atoms with Gasteiger partial charge < -0.3 is 19.4 Å². The van der Waals surface area contributed by atoms with Crippen LogP contribution >= 0.6 is 0 Å². The molecule has 4 rings (SSSR count). The van der Waals surface area contributed by atoms with Gasteiger partial charge in [-0.15, -0.1) is 13.2 Å². The highest BCUT2D eigenvalue weighted by Crippen LogP contribution is 2.32. The molecule has 0 bridgehead atoms. The van der Waals surface area contributed by atoms with E-state index >= 15 is 0 Å². The molecule has 8 heteroatoms. The third-order valence-electron chi connectivity index (χ3n) is 5.22. The summed E-state index contributed by atoms with van der Waals surface area (Å²) in [5, 5.41) is 0. The van der Waals surface area contributed by atoms with E-state index in [1.165, 1.54) is 49.9 Å². The summed E-state index contributed by atoms with van der Waals surface area (Å²) in [4.78, 5) is 11.2. The van der Waals surface area contributed by atoms with Crippen LogP contribution in [0.4, 0.5) is 13.2 Å². The molecule has 0 atom stereocenters. The minimum atomic E-state index is -4.73. The maximum absolute atomic E-state index is 12.4. The van der Waals surface area contributed by atoms with Crippen molar-refractivity contribution >= 4 is 6.21 Å². The van der Waals surface area contributed by atoms with Crippen LogP contribution in [-0.2, 0) is 0 Å². The maximum Gasteiger partial charge on any atom is 0.573 e. The molecule has 2 aromatic heterocycles. The van der Waals surface area contributed by atoms with Gasteiger partial charge in [-0.1, -0.05) is 25.7 Å². The first kappa shape index (κ1) is 21.1. The summed E-state index contributed by atoms with van der Waals surface area (Å²) >= 11 is 0. The summed E-state index contributed by atoms with van der Waals surface area (Å²) in [6.45, 7) is 0. The van der Waals surface area contributed by atoms with Gasteiger partial charge in [-0.3, -0.25) is 4.99 Å². The zero-order valence-corrected chi connectivity index (χ0v) is 16.9. The van der Waals surface area contributed by atoms with E-state index in [1.54, 1.807) is 6.21 Å². The Morgan fingerprint density at radius 3 is 2.29 bits per heavy atom. The predicted molar refractivity (Wildman–Crippen MR) is 113 cm³/mol. The normalized spacial score (nSPS) is 15.8. The molecule has 164 valence electrons. The van der Waals surface area contributed by atoms with Gasteiger partial charge in [-0.05, 0) is 49.2 Å². The second kappa shape index (κ2) is 9.32. The monoisotopic (exact) mass is 431 g/mol. The smallest absolute Gasteiger partial charge is 0.455 e. The van der Waals surface area contributed by atoms with Crippen molar-refractivity contribution in [3.63, 3.8) is 0 Å². The fraction of sp³-hybridized carbons (Fsp3) is 0.348. The Morgan fingerprint density at radius 2 is 1.65 bits per heavy atom. The number of ether oxygens (including phenoxy) is 2. The fourth-order valence-electron chi connectivity index (χ4n) is 3.70. The van der Waals surface area contributed by atoms with Crippen molar-refractivity contribution in [1.82, 2.24) is 9.97 Å². The molecule has 1 aliphatic rings. The molecule has 2 heterocycles. The van der Waals surface area contributed by atoms with E-state index in [2.05, 4.69) is 14.7 Å². The first-order valence-electron chi connectivity index (χ1n) is 10.4. The topological polar surface area (TPSA) is 62.4 Å². The molecule has 0 saturated heterocycles. The number of alkyl halides is 3. The van der Waals surface area contributed by atoms with Crippen LogP contribution in [-0.4, -0.2) is 28.6 Å². The van der Waals surface area contributed by atoms with Crippen LogP contribution in [0.5, 0.6) is 17.2 Å². The number of aromatic amines is 2. The summed E-state index contributed by atoms with van der Waals surface area (Å²) in [6, 6.07) is 11.3. The molecule has 1 aliphatic carbocycles. The van der Waals surface area contributed by atoms with E-state index in [0.717, 1.165) is 24.2 Å². The van der Waals surface area contributed by atoms with Crippen LogP contribution in [0.1, 0.15) is 44.2 Å². The van der Waals surface area contributed by atoms with Crippen molar-refractivity contribution in [2.24, 2.45) is 4.99 Å². The molecule has 1 aromatic carbocycles. The minimum absolute atomic E-state index is 0.295. The summed E-state index contributed by atoms with van der Waals surface area (Å²) < 4.78 is 47.0. The zero-order chi connectivity index (χ0) is 21.7. The number of rotatable bonds is 6. The zero-order valence-electron chi connectivity index (χ0n) is 16.9. The van der Waals surface area contributed by atoms with Crippen molar-refractivity contribution in [3.8, 4) is 28.6 Å². The standard InChI is InChI=1S/C23H24F3N3O2/c24-23(25,26)31-18-11-9-17(10-12-18)30-22-14-20(19-8-5-13-27-19)29-21(22)15-28-16-6-3-1-2-4-7-16/h5,8-16,27,29H,1-4,6-7H2. The van der Waals surface area contributed by atoms with Crippen LogP contribution in [0.2, 0.25) is 0 Å². The number of aliphatic imine (C=N–C) groups is 1. The highest BCUT2D eigenvalue weighted by Gasteiger charge is 2.31. The van der Waals surface area contributed by atoms with Gasteiger partial charge in [0.1, 0.15) is 17.2 Å². The number of benzene rings is 1. The van der Waals surface area contributed by atoms with Gasteiger partial charge in [-0.2, -0.15) is 0 Å². The number of nitrogens with zero attached hydrogens (tertiary/aromatic N) is 1. The molecular formula is C23H24F3N3O2. The molecule has 0 spiro atoms. The first-order chi connectivity index (χ1) is 15.0. The number of H-pyrrole nitrogens is 2. The highest BCUT2D eigenvalue weighted by molar-refractivity contribution is 5.84. The molecule has 31 heavy (non-hydrogen) atoms. The van der Waals surface area contributed by atoms with Crippen molar-refractivity contribution in [2.45, 2.75) is 50.9 Å². The fourth-order valence-corrected chi connectivity index (χ4v) is 3.70. The Hall–Kier alpha value is -3.16. The molecule has 0 aliphatic heterocycles. The minimum Gasteiger partial charge on any atom is -0.455 e. The highest BCUT2D eigenvalue weighted by atomic mass is 19.4. The van der Waals surface area contributed by atoms with Crippen LogP contribution in [0.25, 0.3) is 11.4 Å². The van der Waals surface area contributed by atoms with Gasteiger partial charge >= 0.3 is 6.36 Å². The Bertz CT molecular complexity index is 984. The molecular weight excluding hydrogens is 407 g/mol. The predicted octanol–water partition coefficient (Wildman–Crippen LogP) is 6.84. The molecule has 0 unspecified atom stereocenters. The molecule has 3 aromatic rings. The van der Waals surface area contributed by atoms with Crippen molar-refractivity contribution in [1.29, 1.82) is 0 Å². The van der Waals surface area contributed by atoms with Crippen molar-refractivity contribution in [3.05, 3.63) is 54.4 Å². The van der Waals surface area contributed by atoms with E-state index in [1.807, 2.05) is 24.4 Å². The maximum atomic E-state index is 12.4. The number of hydrogen-bond acceptors (Lipinski definition) is 3. The van der Waals surface area contributed by atoms with Gasteiger partial charge in [0, 0.05) is 18.5 Å². The first-order valence-corrected chi connectivity index (χ1v) is 10.4. The Labute approximate surface area is 178 Å². The van der Waals surface area contributed by atoms with Crippen LogP contribution < -0.4 is 9.47 Å². The second-order valence-corrected chi connectivity index (χ2v) is 7.59. The Balaban J connectivity index is 1.55. The van der Waals surface area contributed by atoms with Crippen molar-refractivity contribution in [2.75, 3.05) is 0 Å². The van der Waals surface area contributed by atoms with Gasteiger partial charge in [-0.25, -0.2) is 0 Å². The number of nitrogens with one attached hydrogen (secondary N) is 2. The lowest BCUT2D eigenvalue weighted by Gasteiger charge is -2.10. The average molecular weight is 431 g/mol. The second-order valence-electron chi connectivity index (χ2n) is 7.59. The van der Waals surface area contributed by atoms with Gasteiger partial charge in [0.05, 0.1) is 17.4 Å². The molecule has 1 saturated carbocycles. The largest absolute Gasteiger partial charge is 0.573 e. The SMILES string of the molecule is FC(F)(F)Oc1ccc(Oc2cc(-c3ccc[nH]3)[nH]c2C=NC2CCCCCC2)cc1. The number of hydrogen-bond donors (Lipinski definition) is 2. The van der Waals surface area contributed by atoms with Crippen molar-refractivity contribution < 1.29 is 22.6 Å². The molecule has 0 radical (unpaired) electrons. The van der Waals surface area contributed by atoms with E-state index in [0.29, 0.717) is 23.2 Å². The summed E-state index contributed by atoms with van der Waals surface area (Å²) in [5.74, 6) is 0.651. The Morgan fingerprint density at radius 1 is 0.935 bits per heavy atom. The summed E-state index contributed by atoms with van der Waals surface area (Å²) in [5.41, 5.74) is 2.44. The van der Waals surface area contributed by atoms with E-state index in [-0.39, 0.29) is 5.75 Å². The van der Waals surface area contributed by atoms with Crippen LogP contribution in [0.15, 0.2) is 53.7 Å². The number of aromatic nitrogens is 2. The van der Waals surface area contributed by atoms with Crippen LogP contribution in [0.3, 0.4) is 0 Å². The molecule has 0 amide bonds. The third kappa shape index (κ3) is 5.93. The lowest BCUT2D eigenvalue weighted by molar-refractivity contribution is -0.274. The van der Waals surface area contributed by atoms with E-state index in [9.17, 15) is 13.2 Å². The van der Waals surface area contributed by atoms with Gasteiger partial charge in [0.2, 0.25) is 0 Å². The van der Waals surface area contributed by atoms with E-state index < -0.39 is 6.36 Å². The molecule has 5 nitrogen and oxygen atoms in total. The van der Waals surface area contributed by atoms with Crippen LogP contribution in [0, 0.1) is 0 Å². The Kier molecular flexibility index (Phi) is 6.34. The molecule has 2 N–H and O–H groups in total. The lowest BCUT2D eigenvalue weighted by Crippen LogP contribution is -2.16. The van der Waals surface area contributed by atoms with Gasteiger partial charge in [0.25, 0.3) is 0 Å². The van der Waals surface area contributed by atoms with E-state index in [4.69, 9.17) is 9.73 Å². The quantitative estimate of drug-likeness (QED) is 0.331. The van der Waals surface area contributed by atoms with Gasteiger partial charge in [0.15, 0.2) is 5.75 Å². The number of halogens is 3. The summed E-state index contributed by atoms with van der Waals surface area (Å²) in [7, 11) is 0. The molecule has 1 fully saturated rings. The third-order valence-corrected chi connectivity index (χ3v) is 5.22. The lowest BCUT2D eigenvalue weighted by atomic mass is 10.1. The average Bonchev–Trinajstić information content (AvgIpc) is 3.31. The summed E-state index contributed by atoms with van der Waals surface area (Å²) in [6.07, 6.45) is 5.97.